The molecule has 30 heavy (non-hydrogen) atoms. The summed E-state index contributed by atoms with van der Waals surface area (Å²) in [5.41, 5.74) is 2.17. The Balaban J connectivity index is 1.42. The van der Waals surface area contributed by atoms with E-state index >= 15 is 0 Å². The van der Waals surface area contributed by atoms with Crippen molar-refractivity contribution in [2.75, 3.05) is 20.1 Å². The highest BCUT2D eigenvalue weighted by Crippen LogP contribution is 2.66. The van der Waals surface area contributed by atoms with Crippen LogP contribution < -0.4 is 5.32 Å². The molecule has 0 bridgehead atoms. The summed E-state index contributed by atoms with van der Waals surface area (Å²) in [4.78, 5) is 29.7. The molecule has 5 rings (SSSR count). The van der Waals surface area contributed by atoms with Gasteiger partial charge >= 0.3 is 0 Å². The van der Waals surface area contributed by atoms with E-state index in [2.05, 4.69) is 47.1 Å². The van der Waals surface area contributed by atoms with Gasteiger partial charge in [-0.15, -0.1) is 11.3 Å². The van der Waals surface area contributed by atoms with Crippen LogP contribution in [0.3, 0.4) is 0 Å². The highest BCUT2D eigenvalue weighted by molar-refractivity contribution is 7.13. The maximum Gasteiger partial charge on any atom is 0.228 e. The van der Waals surface area contributed by atoms with Crippen molar-refractivity contribution >= 4 is 23.2 Å². The summed E-state index contributed by atoms with van der Waals surface area (Å²) in [6.07, 6.45) is 7.14. The van der Waals surface area contributed by atoms with Gasteiger partial charge < -0.3 is 10.2 Å². The lowest BCUT2D eigenvalue weighted by molar-refractivity contribution is -0.143. The second kappa shape index (κ2) is 7.52. The van der Waals surface area contributed by atoms with Crippen LogP contribution in [0.5, 0.6) is 0 Å². The van der Waals surface area contributed by atoms with Gasteiger partial charge in [0.2, 0.25) is 11.8 Å². The normalized spacial score (nSPS) is 26.8. The Morgan fingerprint density at radius 2 is 1.97 bits per heavy atom. The summed E-state index contributed by atoms with van der Waals surface area (Å²) in [5, 5.41) is 5.01. The molecule has 3 fully saturated rings. The monoisotopic (exact) mass is 422 g/mol. The van der Waals surface area contributed by atoms with Crippen molar-refractivity contribution in [2.45, 2.75) is 44.9 Å². The largest absolute Gasteiger partial charge is 0.359 e. The van der Waals surface area contributed by atoms with Gasteiger partial charge in [-0.05, 0) is 66.5 Å². The molecule has 2 aliphatic carbocycles. The van der Waals surface area contributed by atoms with Crippen molar-refractivity contribution in [3.05, 3.63) is 47.3 Å². The van der Waals surface area contributed by atoms with E-state index in [1.807, 2.05) is 4.90 Å². The predicted molar refractivity (Wildman–Crippen MR) is 120 cm³/mol. The van der Waals surface area contributed by atoms with Gasteiger partial charge in [0.25, 0.3) is 0 Å². The Morgan fingerprint density at radius 3 is 2.63 bits per heavy atom. The molecule has 0 unspecified atom stereocenters. The van der Waals surface area contributed by atoms with Crippen molar-refractivity contribution in [1.82, 2.24) is 10.2 Å². The average molecular weight is 423 g/mol. The topological polar surface area (TPSA) is 49.4 Å². The van der Waals surface area contributed by atoms with Crippen molar-refractivity contribution in [3.63, 3.8) is 0 Å². The number of amides is 2. The van der Waals surface area contributed by atoms with E-state index in [1.165, 1.54) is 35.3 Å². The molecule has 2 aromatic rings. The smallest absolute Gasteiger partial charge is 0.228 e. The first-order valence-corrected chi connectivity index (χ1v) is 12.1. The Labute approximate surface area is 182 Å². The van der Waals surface area contributed by atoms with Gasteiger partial charge in [-0.25, -0.2) is 0 Å². The summed E-state index contributed by atoms with van der Waals surface area (Å²) in [6.45, 7) is 1.33. The van der Waals surface area contributed by atoms with Crippen LogP contribution in [0, 0.1) is 16.7 Å². The first-order chi connectivity index (χ1) is 14.6. The molecule has 1 aromatic carbocycles. The van der Waals surface area contributed by atoms with E-state index in [4.69, 9.17) is 0 Å². The molecule has 2 saturated carbocycles. The minimum Gasteiger partial charge on any atom is -0.359 e. The average Bonchev–Trinajstić information content (AvgIpc) is 3.31. The zero-order valence-corrected chi connectivity index (χ0v) is 18.5. The summed E-state index contributed by atoms with van der Waals surface area (Å²) in [7, 11) is 1.72. The van der Waals surface area contributed by atoms with Gasteiger partial charge in [-0.2, -0.15) is 0 Å². The summed E-state index contributed by atoms with van der Waals surface area (Å²) < 4.78 is 0. The fourth-order valence-electron chi connectivity index (χ4n) is 5.81. The second-order valence-corrected chi connectivity index (χ2v) is 10.5. The van der Waals surface area contributed by atoms with Crippen LogP contribution in [-0.4, -0.2) is 36.9 Å². The van der Waals surface area contributed by atoms with Gasteiger partial charge in [0.15, 0.2) is 0 Å². The fraction of sp³-hybridized carbons (Fsp3) is 0.520. The van der Waals surface area contributed by atoms with Gasteiger partial charge in [0, 0.05) is 30.9 Å². The SMILES string of the molecule is CNC(=O)[C@]1(Cc2ccccc2-c2cccs2)CCCN(C(=O)[C@@H]2CC23CCC3)C1. The highest BCUT2D eigenvalue weighted by atomic mass is 32.1. The number of nitrogens with one attached hydrogen (secondary N) is 1. The van der Waals surface area contributed by atoms with E-state index in [0.717, 1.165) is 25.8 Å². The predicted octanol–water partition coefficient (Wildman–Crippen LogP) is 4.50. The molecule has 3 aliphatic rings. The Hall–Kier alpha value is -2.14. The molecule has 158 valence electrons. The lowest BCUT2D eigenvalue weighted by Gasteiger charge is -2.42. The maximum absolute atomic E-state index is 13.3. The number of hydrogen-bond donors (Lipinski definition) is 1. The van der Waals surface area contributed by atoms with Crippen molar-refractivity contribution in [3.8, 4) is 10.4 Å². The number of piperidine rings is 1. The standard InChI is InChI=1S/C25H30N2O2S/c1-26-23(29)25(15-18-7-2-3-8-19(18)21-9-4-14-30-21)12-6-13-27(17-25)22(28)20-16-24(20)10-5-11-24/h2-4,7-9,14,20H,5-6,10-13,15-17H2,1H3,(H,26,29)/t20-,25-/m0/s1. The number of rotatable bonds is 5. The molecule has 2 atom stereocenters. The van der Waals surface area contributed by atoms with E-state index in [9.17, 15) is 9.59 Å². The Bertz CT molecular complexity index is 950. The third-order valence-electron chi connectivity index (χ3n) is 7.77. The fourth-order valence-corrected chi connectivity index (χ4v) is 6.59. The van der Waals surface area contributed by atoms with Gasteiger partial charge in [0.05, 0.1) is 5.41 Å². The summed E-state index contributed by atoms with van der Waals surface area (Å²) in [6, 6.07) is 12.6. The van der Waals surface area contributed by atoms with Gasteiger partial charge in [0.1, 0.15) is 0 Å². The molecular formula is C25H30N2O2S. The first kappa shape index (κ1) is 19.8. The van der Waals surface area contributed by atoms with Crippen molar-refractivity contribution in [2.24, 2.45) is 16.7 Å². The number of thiophene rings is 1. The Kier molecular flexibility index (Phi) is 4.97. The maximum atomic E-state index is 13.3. The second-order valence-electron chi connectivity index (χ2n) is 9.51. The lowest BCUT2D eigenvalue weighted by atomic mass is 9.73. The number of carbonyl (C=O) groups is 2. The van der Waals surface area contributed by atoms with Crippen LogP contribution in [0.1, 0.15) is 44.1 Å². The molecule has 5 heteroatoms. The molecule has 1 aromatic heterocycles. The molecule has 1 saturated heterocycles. The zero-order valence-electron chi connectivity index (χ0n) is 17.7. The lowest BCUT2D eigenvalue weighted by Crippen LogP contribution is -2.54. The van der Waals surface area contributed by atoms with E-state index in [1.54, 1.807) is 18.4 Å². The summed E-state index contributed by atoms with van der Waals surface area (Å²) >= 11 is 1.73. The number of nitrogens with zero attached hydrogens (tertiary/aromatic N) is 1. The molecule has 4 nitrogen and oxygen atoms in total. The summed E-state index contributed by atoms with van der Waals surface area (Å²) in [5.74, 6) is 0.578. The molecule has 1 aliphatic heterocycles. The van der Waals surface area contributed by atoms with E-state index in [0.29, 0.717) is 24.3 Å². The number of likely N-dealkylation sites (tertiary alicyclic amines) is 1. The van der Waals surface area contributed by atoms with E-state index < -0.39 is 5.41 Å². The van der Waals surface area contributed by atoms with E-state index in [-0.39, 0.29) is 11.8 Å². The quantitative estimate of drug-likeness (QED) is 0.771. The molecule has 0 radical (unpaired) electrons. The minimum atomic E-state index is -0.558. The van der Waals surface area contributed by atoms with Crippen LogP contribution in [0.15, 0.2) is 41.8 Å². The number of hydrogen-bond acceptors (Lipinski definition) is 3. The molecule has 1 spiro atoms. The molecular weight excluding hydrogens is 392 g/mol. The van der Waals surface area contributed by atoms with Crippen LogP contribution in [0.25, 0.3) is 10.4 Å². The van der Waals surface area contributed by atoms with Gasteiger partial charge in [-0.1, -0.05) is 36.8 Å². The van der Waals surface area contributed by atoms with Crippen LogP contribution >= 0.6 is 11.3 Å². The molecule has 2 amide bonds. The number of carbonyl (C=O) groups excluding carboxylic acids is 2. The van der Waals surface area contributed by atoms with Crippen molar-refractivity contribution in [1.29, 1.82) is 0 Å². The minimum absolute atomic E-state index is 0.0649. The van der Waals surface area contributed by atoms with Gasteiger partial charge in [-0.3, -0.25) is 9.59 Å². The number of benzene rings is 1. The third kappa shape index (κ3) is 3.27. The third-order valence-corrected chi connectivity index (χ3v) is 8.67. The molecule has 1 N–H and O–H groups in total. The zero-order chi connectivity index (χ0) is 20.8. The van der Waals surface area contributed by atoms with Crippen molar-refractivity contribution < 1.29 is 9.59 Å². The molecule has 2 heterocycles. The van der Waals surface area contributed by atoms with Crippen LogP contribution in [-0.2, 0) is 16.0 Å². The van der Waals surface area contributed by atoms with Crippen LogP contribution in [0.4, 0.5) is 0 Å². The van der Waals surface area contributed by atoms with Crippen LogP contribution in [0.2, 0.25) is 0 Å². The highest BCUT2D eigenvalue weighted by Gasteiger charge is 2.62. The first-order valence-electron chi connectivity index (χ1n) is 11.2. The Morgan fingerprint density at radius 1 is 1.13 bits per heavy atom.